The highest BCUT2D eigenvalue weighted by Gasteiger charge is 2.09. The number of nitrogens with one attached hydrogen (secondary N) is 1. The smallest absolute Gasteiger partial charge is 0.135 e. The molecule has 0 saturated carbocycles. The van der Waals surface area contributed by atoms with Gasteiger partial charge >= 0.3 is 0 Å². The van der Waals surface area contributed by atoms with Crippen LogP contribution in [0, 0.1) is 6.92 Å². The van der Waals surface area contributed by atoms with Gasteiger partial charge in [-0.1, -0.05) is 18.5 Å². The Kier molecular flexibility index (Phi) is 4.06. The molecule has 0 aliphatic heterocycles. The number of aromatic nitrogens is 4. The molecule has 1 aromatic carbocycles. The average molecular weight is 314 g/mol. The molecule has 1 N–H and O–H groups in total. The number of hydrogen-bond acceptors (Lipinski definition) is 4. The Labute approximate surface area is 134 Å². The third-order valence-corrected chi connectivity index (χ3v) is 3.50. The molecule has 0 atom stereocenters. The molecule has 2 heterocycles. The van der Waals surface area contributed by atoms with Crippen molar-refractivity contribution in [3.05, 3.63) is 59.1 Å². The van der Waals surface area contributed by atoms with Crippen molar-refractivity contribution >= 4 is 23.2 Å². The average Bonchev–Trinajstić information content (AvgIpc) is 2.89. The molecule has 0 aliphatic carbocycles. The van der Waals surface area contributed by atoms with Crippen LogP contribution in [-0.4, -0.2) is 19.7 Å². The zero-order valence-corrected chi connectivity index (χ0v) is 13.2. The van der Waals surface area contributed by atoms with E-state index in [1.54, 1.807) is 6.33 Å². The molecular weight excluding hydrogens is 298 g/mol. The Morgan fingerprint density at radius 1 is 1.14 bits per heavy atom. The summed E-state index contributed by atoms with van der Waals surface area (Å²) in [7, 11) is 0. The van der Waals surface area contributed by atoms with Gasteiger partial charge in [0.1, 0.15) is 18.0 Å². The van der Waals surface area contributed by atoms with Gasteiger partial charge < -0.3 is 5.32 Å². The number of aryl methyl sites for hydroxylation is 2. The van der Waals surface area contributed by atoms with Gasteiger partial charge in [0.15, 0.2) is 0 Å². The lowest BCUT2D eigenvalue weighted by Crippen LogP contribution is -2.04. The summed E-state index contributed by atoms with van der Waals surface area (Å²) >= 11 is 5.95. The molecule has 0 radical (unpaired) electrons. The summed E-state index contributed by atoms with van der Waals surface area (Å²) in [5, 5.41) is 8.51. The Morgan fingerprint density at radius 2 is 1.91 bits per heavy atom. The Morgan fingerprint density at radius 3 is 2.64 bits per heavy atom. The fourth-order valence-electron chi connectivity index (χ4n) is 2.16. The van der Waals surface area contributed by atoms with Crippen LogP contribution in [0.2, 0.25) is 5.02 Å². The molecular formula is C16H16ClN5. The molecule has 0 amide bonds. The molecule has 3 aromatic rings. The third kappa shape index (κ3) is 3.09. The van der Waals surface area contributed by atoms with E-state index in [2.05, 4.69) is 27.3 Å². The molecule has 5 nitrogen and oxygen atoms in total. The highest BCUT2D eigenvalue weighted by Crippen LogP contribution is 2.22. The number of rotatable bonds is 4. The molecule has 0 saturated heterocycles. The lowest BCUT2D eigenvalue weighted by atomic mass is 10.3. The van der Waals surface area contributed by atoms with Crippen LogP contribution in [0.4, 0.5) is 11.6 Å². The van der Waals surface area contributed by atoms with Gasteiger partial charge in [-0.25, -0.2) is 14.6 Å². The molecule has 0 aliphatic rings. The van der Waals surface area contributed by atoms with E-state index >= 15 is 0 Å². The van der Waals surface area contributed by atoms with E-state index in [1.807, 2.05) is 48.0 Å². The molecule has 0 spiro atoms. The summed E-state index contributed by atoms with van der Waals surface area (Å²) in [5.41, 5.74) is 2.85. The van der Waals surface area contributed by atoms with Crippen LogP contribution in [0.1, 0.15) is 18.3 Å². The van der Waals surface area contributed by atoms with Crippen LogP contribution in [0.15, 0.2) is 42.7 Å². The van der Waals surface area contributed by atoms with Crippen LogP contribution >= 0.6 is 11.6 Å². The number of halogens is 1. The number of nitrogens with zero attached hydrogens (tertiary/aromatic N) is 4. The predicted octanol–water partition coefficient (Wildman–Crippen LogP) is 3.93. The van der Waals surface area contributed by atoms with Crippen molar-refractivity contribution in [3.8, 4) is 5.69 Å². The summed E-state index contributed by atoms with van der Waals surface area (Å²) in [5.74, 6) is 1.60. The maximum Gasteiger partial charge on any atom is 0.135 e. The highest BCUT2D eigenvalue weighted by atomic mass is 35.5. The molecule has 112 valence electrons. The molecule has 3 rings (SSSR count). The van der Waals surface area contributed by atoms with Gasteiger partial charge in [-0.05, 0) is 37.6 Å². The van der Waals surface area contributed by atoms with E-state index < -0.39 is 0 Å². The molecule has 6 heteroatoms. The lowest BCUT2D eigenvalue weighted by Gasteiger charge is -2.09. The first-order valence-corrected chi connectivity index (χ1v) is 7.44. The lowest BCUT2D eigenvalue weighted by molar-refractivity contribution is 0.868. The van der Waals surface area contributed by atoms with Gasteiger partial charge in [0.2, 0.25) is 0 Å². The van der Waals surface area contributed by atoms with Crippen molar-refractivity contribution < 1.29 is 0 Å². The summed E-state index contributed by atoms with van der Waals surface area (Å²) < 4.78 is 1.83. The first-order chi connectivity index (χ1) is 10.7. The van der Waals surface area contributed by atoms with Gasteiger partial charge in [-0.3, -0.25) is 0 Å². The number of hydrogen-bond donors (Lipinski definition) is 1. The maximum atomic E-state index is 5.95. The standard InChI is InChI=1S/C16H16ClN5/c1-3-13-9-15(19-10-18-13)20-16-8-11(2)21-22(16)14-6-4-12(17)5-7-14/h4-10H,3H2,1-2H3,(H,18,19,20). The van der Waals surface area contributed by atoms with E-state index in [-0.39, 0.29) is 0 Å². The summed E-state index contributed by atoms with van der Waals surface area (Å²) in [6, 6.07) is 11.5. The largest absolute Gasteiger partial charge is 0.325 e. The van der Waals surface area contributed by atoms with Crippen molar-refractivity contribution in [1.29, 1.82) is 0 Å². The first-order valence-electron chi connectivity index (χ1n) is 7.06. The van der Waals surface area contributed by atoms with Crippen molar-refractivity contribution in [1.82, 2.24) is 19.7 Å². The Hall–Kier alpha value is -2.40. The first kappa shape index (κ1) is 14.5. The van der Waals surface area contributed by atoms with Crippen LogP contribution < -0.4 is 5.32 Å². The van der Waals surface area contributed by atoms with E-state index in [4.69, 9.17) is 11.6 Å². The molecule has 0 bridgehead atoms. The van der Waals surface area contributed by atoms with Crippen LogP contribution in [0.3, 0.4) is 0 Å². The second-order valence-corrected chi connectivity index (χ2v) is 5.37. The van der Waals surface area contributed by atoms with Crippen molar-refractivity contribution in [2.75, 3.05) is 5.32 Å². The minimum Gasteiger partial charge on any atom is -0.325 e. The van der Waals surface area contributed by atoms with Crippen LogP contribution in [0.25, 0.3) is 5.69 Å². The van der Waals surface area contributed by atoms with Crippen molar-refractivity contribution in [2.45, 2.75) is 20.3 Å². The molecule has 22 heavy (non-hydrogen) atoms. The SMILES string of the molecule is CCc1cc(Nc2cc(C)nn2-c2ccc(Cl)cc2)ncn1. The molecule has 0 fully saturated rings. The van der Waals surface area contributed by atoms with E-state index in [9.17, 15) is 0 Å². The minimum atomic E-state index is 0.700. The van der Waals surface area contributed by atoms with Gasteiger partial charge in [0.25, 0.3) is 0 Å². The minimum absolute atomic E-state index is 0.700. The van der Waals surface area contributed by atoms with E-state index in [0.717, 1.165) is 35.1 Å². The van der Waals surface area contributed by atoms with Gasteiger partial charge in [0.05, 0.1) is 11.4 Å². The van der Waals surface area contributed by atoms with Crippen LogP contribution in [-0.2, 0) is 6.42 Å². The normalized spacial score (nSPS) is 10.7. The Balaban J connectivity index is 1.95. The highest BCUT2D eigenvalue weighted by molar-refractivity contribution is 6.30. The van der Waals surface area contributed by atoms with E-state index in [0.29, 0.717) is 5.02 Å². The van der Waals surface area contributed by atoms with E-state index in [1.165, 1.54) is 0 Å². The number of anilines is 2. The zero-order valence-electron chi connectivity index (χ0n) is 12.4. The second-order valence-electron chi connectivity index (χ2n) is 4.93. The predicted molar refractivity (Wildman–Crippen MR) is 88.0 cm³/mol. The second kappa shape index (κ2) is 6.15. The van der Waals surface area contributed by atoms with Crippen molar-refractivity contribution in [3.63, 3.8) is 0 Å². The molecule has 2 aromatic heterocycles. The monoisotopic (exact) mass is 313 g/mol. The van der Waals surface area contributed by atoms with Gasteiger partial charge in [-0.2, -0.15) is 5.10 Å². The fraction of sp³-hybridized carbons (Fsp3) is 0.188. The third-order valence-electron chi connectivity index (χ3n) is 3.24. The number of benzene rings is 1. The van der Waals surface area contributed by atoms with Gasteiger partial charge in [0, 0.05) is 22.8 Å². The maximum absolute atomic E-state index is 5.95. The summed E-state index contributed by atoms with van der Waals surface area (Å²) in [4.78, 5) is 8.46. The molecule has 0 unspecified atom stereocenters. The zero-order chi connectivity index (χ0) is 15.5. The van der Waals surface area contributed by atoms with Gasteiger partial charge in [-0.15, -0.1) is 0 Å². The topological polar surface area (TPSA) is 55.6 Å². The van der Waals surface area contributed by atoms with Crippen LogP contribution in [0.5, 0.6) is 0 Å². The Bertz CT molecular complexity index is 779. The summed E-state index contributed by atoms with van der Waals surface area (Å²) in [6.07, 6.45) is 2.43. The fourth-order valence-corrected chi connectivity index (χ4v) is 2.28. The summed E-state index contributed by atoms with van der Waals surface area (Å²) in [6.45, 7) is 4.02. The van der Waals surface area contributed by atoms with Crippen molar-refractivity contribution in [2.24, 2.45) is 0 Å². The quantitative estimate of drug-likeness (QED) is 0.793.